The monoisotopic (exact) mass is 482 g/mol. The summed E-state index contributed by atoms with van der Waals surface area (Å²) in [7, 11) is 1.55. The molecule has 1 spiro atoms. The van der Waals surface area contributed by atoms with E-state index >= 15 is 0 Å². The molecule has 2 aromatic rings. The number of carbonyl (C=O) groups is 4. The smallest absolute Gasteiger partial charge is 0.250 e. The molecule has 0 aromatic heterocycles. The number of nitrogens with two attached hydrogens (primary N) is 1. The Morgan fingerprint density at radius 3 is 2.53 bits per heavy atom. The summed E-state index contributed by atoms with van der Waals surface area (Å²) in [5.41, 5.74) is 6.35. The van der Waals surface area contributed by atoms with Crippen LogP contribution < -0.4 is 21.1 Å². The molecule has 4 N–H and O–H groups in total. The van der Waals surface area contributed by atoms with Gasteiger partial charge in [0.1, 0.15) is 11.3 Å². The van der Waals surface area contributed by atoms with Crippen molar-refractivity contribution in [3.8, 4) is 5.75 Å². The zero-order valence-electron chi connectivity index (χ0n) is 18.6. The largest absolute Gasteiger partial charge is 0.497 e. The molecule has 3 aliphatic heterocycles. The number of likely N-dealkylation sites (tertiary alicyclic amines) is 1. The second kappa shape index (κ2) is 7.82. The first-order valence-corrected chi connectivity index (χ1v) is 11.2. The van der Waals surface area contributed by atoms with Crippen molar-refractivity contribution in [3.05, 3.63) is 58.1 Å². The lowest BCUT2D eigenvalue weighted by Gasteiger charge is -2.29. The third-order valence-electron chi connectivity index (χ3n) is 6.93. The minimum absolute atomic E-state index is 0.0388. The Morgan fingerprint density at radius 2 is 1.88 bits per heavy atom. The predicted octanol–water partition coefficient (Wildman–Crippen LogP) is 1.45. The Morgan fingerprint density at radius 1 is 1.18 bits per heavy atom. The minimum Gasteiger partial charge on any atom is -0.497 e. The number of nitrogens with one attached hydrogen (secondary N) is 2. The zero-order valence-corrected chi connectivity index (χ0v) is 19.3. The number of nitrogens with zero attached hydrogens (tertiary/aromatic N) is 1. The molecule has 34 heavy (non-hydrogen) atoms. The molecule has 0 radical (unpaired) electrons. The van der Waals surface area contributed by atoms with Crippen molar-refractivity contribution in [2.45, 2.75) is 31.5 Å². The second-order valence-corrected chi connectivity index (χ2v) is 9.37. The maximum absolute atomic E-state index is 13.8. The van der Waals surface area contributed by atoms with Gasteiger partial charge in [-0.3, -0.25) is 29.4 Å². The van der Waals surface area contributed by atoms with Gasteiger partial charge in [0.25, 0.3) is 0 Å². The lowest BCUT2D eigenvalue weighted by atomic mass is 9.76. The molecule has 2 saturated heterocycles. The number of methoxy groups -OCH3 is 1. The lowest BCUT2D eigenvalue weighted by Crippen LogP contribution is -2.53. The number of aryl methyl sites for hydroxylation is 1. The summed E-state index contributed by atoms with van der Waals surface area (Å²) in [5, 5.41) is 6.28. The minimum atomic E-state index is -1.53. The molecule has 2 fully saturated rings. The second-order valence-electron chi connectivity index (χ2n) is 8.97. The number of hydrogen-bond donors (Lipinski definition) is 3. The van der Waals surface area contributed by atoms with Crippen LogP contribution in [0.25, 0.3) is 0 Å². The maximum Gasteiger partial charge on any atom is 0.250 e. The van der Waals surface area contributed by atoms with Crippen LogP contribution in [0.3, 0.4) is 0 Å². The molecule has 4 atom stereocenters. The highest BCUT2D eigenvalue weighted by atomic mass is 35.5. The zero-order chi connectivity index (χ0) is 24.4. The van der Waals surface area contributed by atoms with Gasteiger partial charge in [0.2, 0.25) is 23.6 Å². The van der Waals surface area contributed by atoms with E-state index in [1.54, 1.807) is 43.5 Å². The van der Waals surface area contributed by atoms with E-state index in [1.165, 1.54) is 0 Å². The van der Waals surface area contributed by atoms with Crippen LogP contribution >= 0.6 is 11.6 Å². The van der Waals surface area contributed by atoms with Crippen molar-refractivity contribution in [1.29, 1.82) is 0 Å². The van der Waals surface area contributed by atoms with E-state index in [2.05, 4.69) is 10.6 Å². The highest BCUT2D eigenvalue weighted by Crippen LogP contribution is 2.54. The molecule has 0 saturated carbocycles. The summed E-state index contributed by atoms with van der Waals surface area (Å²) >= 11 is 6.40. The van der Waals surface area contributed by atoms with Gasteiger partial charge in [0, 0.05) is 18.0 Å². The average molecular weight is 483 g/mol. The van der Waals surface area contributed by atoms with Gasteiger partial charge in [-0.2, -0.15) is 0 Å². The Kier molecular flexibility index (Phi) is 5.14. The number of fused-ring (bicyclic) bond motifs is 4. The fourth-order valence-corrected chi connectivity index (χ4v) is 5.84. The standard InChI is InChI=1S/C24H23ClN4O5/c1-11-7-14-20(15(25)8-11)27-23(33)24(14)19-18(16(28-24)9-17(26)30)21(31)29(22(19)32)10-12-3-5-13(34-2)6-4-12/h3-8,16,18-19,28H,9-10H2,1-2H3,(H2,26,30)(H,27,33)/t16-,18-,19-,24+/m1/s1. The van der Waals surface area contributed by atoms with E-state index in [0.29, 0.717) is 22.0 Å². The van der Waals surface area contributed by atoms with Crippen LogP contribution in [0.15, 0.2) is 36.4 Å². The fourth-order valence-electron chi connectivity index (χ4n) is 5.51. The molecule has 3 aliphatic rings. The quantitative estimate of drug-likeness (QED) is 0.553. The molecule has 0 aliphatic carbocycles. The Bertz CT molecular complexity index is 1250. The van der Waals surface area contributed by atoms with Crippen LogP contribution in [0.4, 0.5) is 5.69 Å². The Balaban J connectivity index is 1.59. The molecule has 4 amide bonds. The summed E-state index contributed by atoms with van der Waals surface area (Å²) in [6.07, 6.45) is -0.194. The van der Waals surface area contributed by atoms with Crippen LogP contribution in [0.2, 0.25) is 5.02 Å². The number of carbonyl (C=O) groups excluding carboxylic acids is 4. The average Bonchev–Trinajstić information content (AvgIpc) is 3.35. The SMILES string of the molecule is COc1ccc(CN2C(=O)[C@@H]3[C@@H](CC(N)=O)N[C@]4(C(=O)Nc5c(Cl)cc(C)cc54)[C@H]3C2=O)cc1. The molecule has 176 valence electrons. The molecule has 5 rings (SSSR count). The van der Waals surface area contributed by atoms with Gasteiger partial charge < -0.3 is 15.8 Å². The summed E-state index contributed by atoms with van der Waals surface area (Å²) in [6.45, 7) is 1.87. The number of primary amides is 1. The number of amides is 4. The van der Waals surface area contributed by atoms with Gasteiger partial charge in [-0.1, -0.05) is 29.8 Å². The van der Waals surface area contributed by atoms with Crippen LogP contribution in [-0.2, 0) is 31.3 Å². The van der Waals surface area contributed by atoms with Crippen molar-refractivity contribution < 1.29 is 23.9 Å². The molecular weight excluding hydrogens is 460 g/mol. The first kappa shape index (κ1) is 22.4. The van der Waals surface area contributed by atoms with Crippen molar-refractivity contribution in [2.24, 2.45) is 17.6 Å². The Hall–Kier alpha value is -3.43. The number of imide groups is 1. The normalized spacial score (nSPS) is 27.2. The van der Waals surface area contributed by atoms with Crippen molar-refractivity contribution in [1.82, 2.24) is 10.2 Å². The van der Waals surface area contributed by atoms with E-state index in [4.69, 9.17) is 22.1 Å². The molecule has 0 unspecified atom stereocenters. The van der Waals surface area contributed by atoms with Gasteiger partial charge in [0.05, 0.1) is 36.2 Å². The fraction of sp³-hybridized carbons (Fsp3) is 0.333. The molecule has 3 heterocycles. The van der Waals surface area contributed by atoms with E-state index in [-0.39, 0.29) is 13.0 Å². The summed E-state index contributed by atoms with van der Waals surface area (Å²) in [6, 6.07) is 9.73. The first-order valence-electron chi connectivity index (χ1n) is 10.8. The summed E-state index contributed by atoms with van der Waals surface area (Å²) in [4.78, 5) is 53.7. The highest BCUT2D eigenvalue weighted by Gasteiger charge is 2.70. The Labute approximate surface area is 200 Å². The summed E-state index contributed by atoms with van der Waals surface area (Å²) in [5.74, 6) is -3.35. The topological polar surface area (TPSA) is 131 Å². The van der Waals surface area contributed by atoms with Crippen molar-refractivity contribution in [3.63, 3.8) is 0 Å². The van der Waals surface area contributed by atoms with Gasteiger partial charge in [-0.25, -0.2) is 0 Å². The molecular formula is C24H23ClN4O5. The van der Waals surface area contributed by atoms with E-state index < -0.39 is 47.0 Å². The molecule has 10 heteroatoms. The predicted molar refractivity (Wildman–Crippen MR) is 123 cm³/mol. The highest BCUT2D eigenvalue weighted by molar-refractivity contribution is 6.35. The maximum atomic E-state index is 13.8. The van der Waals surface area contributed by atoms with Gasteiger partial charge >= 0.3 is 0 Å². The van der Waals surface area contributed by atoms with E-state index in [1.807, 2.05) is 6.92 Å². The van der Waals surface area contributed by atoms with Crippen LogP contribution in [0.1, 0.15) is 23.1 Å². The number of rotatable bonds is 5. The summed E-state index contributed by atoms with van der Waals surface area (Å²) < 4.78 is 5.17. The third kappa shape index (κ3) is 3.11. The van der Waals surface area contributed by atoms with Crippen LogP contribution in [-0.4, -0.2) is 41.7 Å². The van der Waals surface area contributed by atoms with Gasteiger partial charge in [-0.05, 0) is 36.2 Å². The van der Waals surface area contributed by atoms with Crippen LogP contribution in [0, 0.1) is 18.8 Å². The molecule has 9 nitrogen and oxygen atoms in total. The lowest BCUT2D eigenvalue weighted by molar-refractivity contribution is -0.143. The first-order chi connectivity index (χ1) is 16.2. The molecule has 0 bridgehead atoms. The number of halogens is 1. The number of ether oxygens (including phenoxy) is 1. The number of hydrogen-bond acceptors (Lipinski definition) is 6. The number of anilines is 1. The van der Waals surface area contributed by atoms with Gasteiger partial charge in [0.15, 0.2) is 0 Å². The van der Waals surface area contributed by atoms with Crippen molar-refractivity contribution in [2.75, 3.05) is 12.4 Å². The van der Waals surface area contributed by atoms with E-state index in [9.17, 15) is 19.2 Å². The number of benzene rings is 2. The van der Waals surface area contributed by atoms with E-state index in [0.717, 1.165) is 16.0 Å². The van der Waals surface area contributed by atoms with Gasteiger partial charge in [-0.15, -0.1) is 0 Å². The van der Waals surface area contributed by atoms with Crippen LogP contribution in [0.5, 0.6) is 5.75 Å². The van der Waals surface area contributed by atoms with Crippen molar-refractivity contribution >= 4 is 40.9 Å². The molecule has 2 aromatic carbocycles. The third-order valence-corrected chi connectivity index (χ3v) is 7.23.